The number of carbonyl (C=O) groups excluding carboxylic acids is 1. The van der Waals surface area contributed by atoms with Crippen LogP contribution in [0.4, 0.5) is 0 Å². The van der Waals surface area contributed by atoms with Crippen molar-refractivity contribution in [2.75, 3.05) is 0 Å². The van der Waals surface area contributed by atoms with E-state index < -0.39 is 5.79 Å². The van der Waals surface area contributed by atoms with Crippen LogP contribution in [-0.4, -0.2) is 21.8 Å². The fourth-order valence-electron chi connectivity index (χ4n) is 0.601. The van der Waals surface area contributed by atoms with E-state index in [9.17, 15) is 4.79 Å². The molecule has 0 aromatic rings. The van der Waals surface area contributed by atoms with Crippen LogP contribution >= 0.6 is 0 Å². The van der Waals surface area contributed by atoms with Gasteiger partial charge in [-0.2, -0.15) is 0 Å². The van der Waals surface area contributed by atoms with Crippen molar-refractivity contribution in [1.82, 2.24) is 0 Å². The molecule has 0 heterocycles. The van der Waals surface area contributed by atoms with Crippen molar-refractivity contribution in [2.24, 2.45) is 0 Å². The first-order valence-corrected chi connectivity index (χ1v) is 2.27. The van der Waals surface area contributed by atoms with Gasteiger partial charge in [-0.05, 0) is 12.2 Å². The molecule has 0 unspecified atom stereocenters. The number of allylic oxidation sites excluding steroid dienone is 1. The van der Waals surface area contributed by atoms with Gasteiger partial charge in [0.05, 0.1) is 6.42 Å². The summed E-state index contributed by atoms with van der Waals surface area (Å²) in [7, 11) is 0. The van der Waals surface area contributed by atoms with Gasteiger partial charge in [-0.25, -0.2) is 0 Å². The predicted molar refractivity (Wildman–Crippen MR) is 25.9 cm³/mol. The second-order valence-corrected chi connectivity index (χ2v) is 1.85. The van der Waals surface area contributed by atoms with E-state index >= 15 is 0 Å². The van der Waals surface area contributed by atoms with Gasteiger partial charge in [0.1, 0.15) is 0 Å². The molecule has 0 bridgehead atoms. The summed E-state index contributed by atoms with van der Waals surface area (Å²) >= 11 is 0. The lowest BCUT2D eigenvalue weighted by Crippen LogP contribution is -2.22. The molecule has 1 aliphatic rings. The highest BCUT2D eigenvalue weighted by Gasteiger charge is 2.27. The molecule has 0 saturated carbocycles. The van der Waals surface area contributed by atoms with Crippen LogP contribution in [0.15, 0.2) is 12.2 Å². The predicted octanol–water partition coefficient (Wildman–Crippen LogP) is -0.804. The van der Waals surface area contributed by atoms with Gasteiger partial charge in [0.15, 0.2) is 11.6 Å². The van der Waals surface area contributed by atoms with Crippen LogP contribution in [0.2, 0.25) is 0 Å². The van der Waals surface area contributed by atoms with Crippen LogP contribution in [0.25, 0.3) is 0 Å². The van der Waals surface area contributed by atoms with Gasteiger partial charge in [-0.1, -0.05) is 0 Å². The van der Waals surface area contributed by atoms with Crippen LogP contribution in [-0.2, 0) is 4.79 Å². The lowest BCUT2D eigenvalue weighted by molar-refractivity contribution is -0.136. The summed E-state index contributed by atoms with van der Waals surface area (Å²) in [5.74, 6) is -2.10. The third-order valence-corrected chi connectivity index (χ3v) is 0.971. The van der Waals surface area contributed by atoms with E-state index in [2.05, 4.69) is 0 Å². The maximum Gasteiger partial charge on any atom is 0.190 e. The fourth-order valence-corrected chi connectivity index (χ4v) is 0.601. The van der Waals surface area contributed by atoms with Crippen molar-refractivity contribution in [3.63, 3.8) is 0 Å². The van der Waals surface area contributed by atoms with E-state index in [4.69, 9.17) is 10.2 Å². The van der Waals surface area contributed by atoms with Gasteiger partial charge >= 0.3 is 0 Å². The molecule has 0 spiro atoms. The first-order chi connectivity index (χ1) is 3.60. The molecule has 0 aromatic carbocycles. The van der Waals surface area contributed by atoms with Crippen LogP contribution in [0.5, 0.6) is 0 Å². The highest BCUT2D eigenvalue weighted by atomic mass is 16.5. The number of aliphatic hydroxyl groups is 2. The Morgan fingerprint density at radius 1 is 1.62 bits per heavy atom. The van der Waals surface area contributed by atoms with Gasteiger partial charge in [-0.3, -0.25) is 4.79 Å². The van der Waals surface area contributed by atoms with Crippen LogP contribution in [0.1, 0.15) is 6.42 Å². The molecule has 0 aliphatic heterocycles. The fraction of sp³-hybridized carbons (Fsp3) is 0.400. The molecular formula is C5H6O3. The van der Waals surface area contributed by atoms with Gasteiger partial charge in [0, 0.05) is 0 Å². The van der Waals surface area contributed by atoms with E-state index in [-0.39, 0.29) is 12.2 Å². The Kier molecular flexibility index (Phi) is 0.957. The molecule has 1 aliphatic carbocycles. The maximum absolute atomic E-state index is 10.3. The van der Waals surface area contributed by atoms with E-state index in [0.29, 0.717) is 0 Å². The van der Waals surface area contributed by atoms with E-state index in [1.807, 2.05) is 0 Å². The highest BCUT2D eigenvalue weighted by Crippen LogP contribution is 2.14. The lowest BCUT2D eigenvalue weighted by atomic mass is 10.2. The number of hydrogen-bond donors (Lipinski definition) is 2. The molecule has 0 atom stereocenters. The summed E-state index contributed by atoms with van der Waals surface area (Å²) in [6.45, 7) is 0. The van der Waals surface area contributed by atoms with Gasteiger partial charge < -0.3 is 10.2 Å². The molecule has 3 heteroatoms. The monoisotopic (exact) mass is 114 g/mol. The first-order valence-electron chi connectivity index (χ1n) is 2.27. The third-order valence-electron chi connectivity index (χ3n) is 0.971. The minimum Gasteiger partial charge on any atom is -0.362 e. The maximum atomic E-state index is 10.3. The van der Waals surface area contributed by atoms with Crippen molar-refractivity contribution in [3.8, 4) is 0 Å². The molecule has 1 rings (SSSR count). The summed E-state index contributed by atoms with van der Waals surface area (Å²) in [6.07, 6.45) is 2.04. The Labute approximate surface area is 46.3 Å². The Morgan fingerprint density at radius 3 is 2.38 bits per heavy atom. The summed E-state index contributed by atoms with van der Waals surface area (Å²) in [5, 5.41) is 17.2. The van der Waals surface area contributed by atoms with Crippen molar-refractivity contribution < 1.29 is 15.0 Å². The van der Waals surface area contributed by atoms with Gasteiger partial charge in [0.2, 0.25) is 0 Å². The molecule has 8 heavy (non-hydrogen) atoms. The number of rotatable bonds is 0. The van der Waals surface area contributed by atoms with E-state index in [1.165, 1.54) is 6.08 Å². The SMILES string of the molecule is O=C1C=CC(O)(O)C1. The molecule has 44 valence electrons. The second kappa shape index (κ2) is 1.40. The average Bonchev–Trinajstić information content (AvgIpc) is 1.82. The van der Waals surface area contributed by atoms with Crippen molar-refractivity contribution in [1.29, 1.82) is 0 Å². The second-order valence-electron chi connectivity index (χ2n) is 1.85. The first kappa shape index (κ1) is 5.47. The Balaban J connectivity index is 2.72. The third kappa shape index (κ3) is 0.936. The molecule has 0 radical (unpaired) electrons. The van der Waals surface area contributed by atoms with Crippen LogP contribution < -0.4 is 0 Å². The quantitative estimate of drug-likeness (QED) is 0.405. The van der Waals surface area contributed by atoms with Crippen molar-refractivity contribution in [2.45, 2.75) is 12.2 Å². The smallest absolute Gasteiger partial charge is 0.190 e. The normalized spacial score (nSPS) is 24.5. The highest BCUT2D eigenvalue weighted by molar-refractivity contribution is 5.93. The largest absolute Gasteiger partial charge is 0.362 e. The van der Waals surface area contributed by atoms with Gasteiger partial charge in [-0.15, -0.1) is 0 Å². The zero-order valence-electron chi connectivity index (χ0n) is 4.16. The van der Waals surface area contributed by atoms with E-state index in [0.717, 1.165) is 6.08 Å². The van der Waals surface area contributed by atoms with E-state index in [1.54, 1.807) is 0 Å². The van der Waals surface area contributed by atoms with Crippen molar-refractivity contribution in [3.05, 3.63) is 12.2 Å². The summed E-state index contributed by atoms with van der Waals surface area (Å²) in [6, 6.07) is 0. The van der Waals surface area contributed by atoms with Gasteiger partial charge in [0.25, 0.3) is 0 Å². The molecule has 0 saturated heterocycles. The summed E-state index contributed by atoms with van der Waals surface area (Å²) < 4.78 is 0. The van der Waals surface area contributed by atoms with Crippen LogP contribution in [0.3, 0.4) is 0 Å². The zero-order chi connectivity index (χ0) is 6.20. The number of carbonyl (C=O) groups is 1. The molecule has 0 fully saturated rings. The molecule has 3 nitrogen and oxygen atoms in total. The Hall–Kier alpha value is -0.670. The molecule has 0 amide bonds. The number of ketones is 1. The minimum absolute atomic E-state index is 0.201. The zero-order valence-corrected chi connectivity index (χ0v) is 4.16. The molecular weight excluding hydrogens is 108 g/mol. The standard InChI is InChI=1S/C5H6O3/c6-4-1-2-5(7,8)3-4/h1-2,7-8H,3H2. The summed E-state index contributed by atoms with van der Waals surface area (Å²) in [4.78, 5) is 10.3. The average molecular weight is 114 g/mol. The molecule has 0 aromatic heterocycles. The summed E-state index contributed by atoms with van der Waals surface area (Å²) in [5.41, 5.74) is 0. The minimum atomic E-state index is -1.86. The topological polar surface area (TPSA) is 57.5 Å². The van der Waals surface area contributed by atoms with Crippen molar-refractivity contribution >= 4 is 5.78 Å². The Morgan fingerprint density at radius 2 is 2.25 bits per heavy atom. The Bertz CT molecular complexity index is 146. The number of hydrogen-bond acceptors (Lipinski definition) is 3. The lowest BCUT2D eigenvalue weighted by Gasteiger charge is -2.07. The van der Waals surface area contributed by atoms with Crippen LogP contribution in [0, 0.1) is 0 Å². The molecule has 2 N–H and O–H groups in total.